The molecule has 3 N–H and O–H groups in total. The van der Waals surface area contributed by atoms with Crippen LogP contribution in [0.1, 0.15) is 18.1 Å². The molecule has 0 saturated heterocycles. The lowest BCUT2D eigenvalue weighted by molar-refractivity contribution is 0.209. The highest BCUT2D eigenvalue weighted by Crippen LogP contribution is 2.24. The monoisotopic (exact) mass is 291 g/mol. The second kappa shape index (κ2) is 3.94. The zero-order chi connectivity index (χ0) is 10.1. The Balaban J connectivity index is 3.20. The van der Waals surface area contributed by atoms with Crippen LogP contribution in [0.2, 0.25) is 0 Å². The Labute approximate surface area is 92.3 Å². The van der Waals surface area contributed by atoms with Gasteiger partial charge in [0, 0.05) is 3.57 Å². The fourth-order valence-corrected chi connectivity index (χ4v) is 2.11. The van der Waals surface area contributed by atoms with Gasteiger partial charge in [-0.25, -0.2) is 0 Å². The summed E-state index contributed by atoms with van der Waals surface area (Å²) in [5, 5.41) is 9.13. The number of aliphatic hydroxyl groups is 1. The molecule has 0 heterocycles. The molecule has 0 aliphatic heterocycles. The molecule has 0 aliphatic carbocycles. The van der Waals surface area contributed by atoms with E-state index in [1.54, 1.807) is 0 Å². The number of nitrogens with two attached hydrogens (primary N) is 1. The van der Waals surface area contributed by atoms with E-state index < -0.39 is 5.54 Å². The predicted molar refractivity (Wildman–Crippen MR) is 62.5 cm³/mol. The molecule has 0 saturated carbocycles. The summed E-state index contributed by atoms with van der Waals surface area (Å²) in [5.41, 5.74) is 7.49. The number of halogens is 1. The molecule has 0 aromatic heterocycles. The molecule has 0 amide bonds. The molecule has 0 bridgehead atoms. The molecule has 0 aliphatic rings. The number of aryl methyl sites for hydroxylation is 1. The summed E-state index contributed by atoms with van der Waals surface area (Å²) in [6, 6.07) is 6.09. The Kier molecular flexibility index (Phi) is 3.32. The predicted octanol–water partition coefficient (Wildman–Crippen LogP) is 1.77. The van der Waals surface area contributed by atoms with Crippen molar-refractivity contribution in [2.24, 2.45) is 5.73 Å². The van der Waals surface area contributed by atoms with E-state index in [2.05, 4.69) is 22.6 Å². The van der Waals surface area contributed by atoms with Crippen molar-refractivity contribution in [1.82, 2.24) is 0 Å². The molecular formula is C10H14INO. The van der Waals surface area contributed by atoms with Crippen LogP contribution in [0.3, 0.4) is 0 Å². The molecule has 3 heteroatoms. The minimum absolute atomic E-state index is 0.0353. The summed E-state index contributed by atoms with van der Waals surface area (Å²) in [6.07, 6.45) is 0. The van der Waals surface area contributed by atoms with Crippen LogP contribution in [-0.4, -0.2) is 11.7 Å². The third-order valence-corrected chi connectivity index (χ3v) is 3.01. The molecule has 0 fully saturated rings. The second-order valence-electron chi connectivity index (χ2n) is 3.56. The number of hydrogen-bond acceptors (Lipinski definition) is 2. The highest BCUT2D eigenvalue weighted by molar-refractivity contribution is 14.1. The summed E-state index contributed by atoms with van der Waals surface area (Å²) < 4.78 is 1.10. The first kappa shape index (κ1) is 10.9. The molecule has 1 atom stereocenters. The first-order valence-electron chi connectivity index (χ1n) is 4.14. The lowest BCUT2D eigenvalue weighted by atomic mass is 9.93. The average molecular weight is 291 g/mol. The molecule has 1 unspecified atom stereocenters. The Morgan fingerprint density at radius 1 is 1.54 bits per heavy atom. The third-order valence-electron chi connectivity index (χ3n) is 2.07. The minimum atomic E-state index is -0.636. The van der Waals surface area contributed by atoms with Gasteiger partial charge in [0.15, 0.2) is 0 Å². The topological polar surface area (TPSA) is 46.2 Å². The second-order valence-corrected chi connectivity index (χ2v) is 4.72. The number of hydrogen-bond donors (Lipinski definition) is 2. The van der Waals surface area contributed by atoms with E-state index in [4.69, 9.17) is 10.8 Å². The molecule has 13 heavy (non-hydrogen) atoms. The molecule has 1 rings (SSSR count). The fraction of sp³-hybridized carbons (Fsp3) is 0.400. The maximum Gasteiger partial charge on any atom is 0.0650 e. The Morgan fingerprint density at radius 2 is 2.15 bits per heavy atom. The van der Waals surface area contributed by atoms with Crippen LogP contribution in [0.25, 0.3) is 0 Å². The highest BCUT2D eigenvalue weighted by atomic mass is 127. The Hall–Kier alpha value is -0.130. The summed E-state index contributed by atoms with van der Waals surface area (Å²) in [6.45, 7) is 3.82. The van der Waals surface area contributed by atoms with Crippen LogP contribution in [0.5, 0.6) is 0 Å². The van der Waals surface area contributed by atoms with Crippen LogP contribution < -0.4 is 5.73 Å². The zero-order valence-electron chi connectivity index (χ0n) is 7.84. The smallest absolute Gasteiger partial charge is 0.0650 e. The van der Waals surface area contributed by atoms with Crippen molar-refractivity contribution in [3.8, 4) is 0 Å². The maximum atomic E-state index is 9.13. The van der Waals surface area contributed by atoms with E-state index in [1.165, 1.54) is 5.56 Å². The van der Waals surface area contributed by atoms with Crippen LogP contribution >= 0.6 is 22.6 Å². The van der Waals surface area contributed by atoms with E-state index >= 15 is 0 Å². The molecule has 2 nitrogen and oxygen atoms in total. The van der Waals surface area contributed by atoms with Gasteiger partial charge in [-0.3, -0.25) is 0 Å². The molecule has 0 radical (unpaired) electrons. The molecule has 1 aromatic rings. The van der Waals surface area contributed by atoms with Crippen LogP contribution in [-0.2, 0) is 5.54 Å². The van der Waals surface area contributed by atoms with Crippen molar-refractivity contribution in [1.29, 1.82) is 0 Å². The van der Waals surface area contributed by atoms with Gasteiger partial charge in [0.05, 0.1) is 12.1 Å². The zero-order valence-corrected chi connectivity index (χ0v) is 10.00. The van der Waals surface area contributed by atoms with Gasteiger partial charge in [-0.1, -0.05) is 17.7 Å². The lowest BCUT2D eigenvalue weighted by Crippen LogP contribution is -2.37. The number of aliphatic hydroxyl groups excluding tert-OH is 1. The van der Waals surface area contributed by atoms with Gasteiger partial charge in [0.25, 0.3) is 0 Å². The van der Waals surface area contributed by atoms with E-state index in [0.717, 1.165) is 9.13 Å². The largest absolute Gasteiger partial charge is 0.394 e. The first-order valence-corrected chi connectivity index (χ1v) is 5.21. The van der Waals surface area contributed by atoms with Crippen LogP contribution in [0.4, 0.5) is 0 Å². The third kappa shape index (κ3) is 2.42. The van der Waals surface area contributed by atoms with Gasteiger partial charge in [-0.05, 0) is 48.1 Å². The minimum Gasteiger partial charge on any atom is -0.394 e. The summed E-state index contributed by atoms with van der Waals surface area (Å²) in [7, 11) is 0. The quantitative estimate of drug-likeness (QED) is 0.816. The maximum absolute atomic E-state index is 9.13. The molecular weight excluding hydrogens is 277 g/mol. The Morgan fingerprint density at radius 3 is 2.69 bits per heavy atom. The number of rotatable bonds is 2. The standard InChI is InChI=1S/C10H14INO/c1-7-3-4-9(11)8(5-7)10(2,12)6-13/h3-5,13H,6,12H2,1-2H3. The van der Waals surface area contributed by atoms with Gasteiger partial charge in [-0.15, -0.1) is 0 Å². The van der Waals surface area contributed by atoms with E-state index in [-0.39, 0.29) is 6.61 Å². The summed E-state index contributed by atoms with van der Waals surface area (Å²) in [5.74, 6) is 0. The van der Waals surface area contributed by atoms with Crippen molar-refractivity contribution in [2.45, 2.75) is 19.4 Å². The van der Waals surface area contributed by atoms with Crippen molar-refractivity contribution in [3.63, 3.8) is 0 Å². The van der Waals surface area contributed by atoms with Gasteiger partial charge in [0.2, 0.25) is 0 Å². The van der Waals surface area contributed by atoms with Crippen LogP contribution in [0, 0.1) is 10.5 Å². The molecule has 0 spiro atoms. The van der Waals surface area contributed by atoms with Crippen molar-refractivity contribution in [3.05, 3.63) is 32.9 Å². The molecule has 1 aromatic carbocycles. The average Bonchev–Trinajstić information content (AvgIpc) is 2.09. The summed E-state index contributed by atoms with van der Waals surface area (Å²) in [4.78, 5) is 0. The van der Waals surface area contributed by atoms with E-state index in [1.807, 2.05) is 32.0 Å². The summed E-state index contributed by atoms with van der Waals surface area (Å²) >= 11 is 2.23. The van der Waals surface area contributed by atoms with E-state index in [0.29, 0.717) is 0 Å². The van der Waals surface area contributed by atoms with Gasteiger partial charge >= 0.3 is 0 Å². The SMILES string of the molecule is Cc1ccc(I)c(C(C)(N)CO)c1. The fourth-order valence-electron chi connectivity index (χ4n) is 1.16. The van der Waals surface area contributed by atoms with Crippen molar-refractivity contribution in [2.75, 3.05) is 6.61 Å². The normalized spacial score (nSPS) is 15.5. The van der Waals surface area contributed by atoms with Gasteiger partial charge < -0.3 is 10.8 Å². The van der Waals surface area contributed by atoms with Crippen molar-refractivity contribution < 1.29 is 5.11 Å². The first-order chi connectivity index (χ1) is 5.97. The van der Waals surface area contributed by atoms with E-state index in [9.17, 15) is 0 Å². The van der Waals surface area contributed by atoms with Gasteiger partial charge in [0.1, 0.15) is 0 Å². The Bertz CT molecular complexity index is 310. The van der Waals surface area contributed by atoms with Gasteiger partial charge in [-0.2, -0.15) is 0 Å². The molecule has 72 valence electrons. The lowest BCUT2D eigenvalue weighted by Gasteiger charge is -2.24. The highest BCUT2D eigenvalue weighted by Gasteiger charge is 2.22. The van der Waals surface area contributed by atoms with Crippen LogP contribution in [0.15, 0.2) is 18.2 Å². The number of benzene rings is 1. The van der Waals surface area contributed by atoms with Crippen molar-refractivity contribution >= 4 is 22.6 Å².